The van der Waals surface area contributed by atoms with Crippen LogP contribution in [-0.4, -0.2) is 78.7 Å². The molecular formula is C36H40ClF2N5O7S. The third-order valence-electron chi connectivity index (χ3n) is 9.72. The molecule has 3 aliphatic rings. The molecule has 3 aromatic rings. The SMILES string of the molecule is C=C[C@@H]1C[C@]1(NC(=O)[C@@H]1C[C@@H](Oc2ncc(OC)c3ccc(Cl)cc23)CN1C(=O)C(Nc1ccc(F)c(F)c1)C(C)(C)C)C(=O)NS(=O)(=O)C1CC1. The van der Waals surface area contributed by atoms with Crippen molar-refractivity contribution in [2.45, 2.75) is 75.4 Å². The molecule has 3 N–H and O–H groups in total. The number of aromatic nitrogens is 1. The lowest BCUT2D eigenvalue weighted by molar-refractivity contribution is -0.141. The summed E-state index contributed by atoms with van der Waals surface area (Å²) in [4.78, 5) is 48.0. The van der Waals surface area contributed by atoms with E-state index in [1.54, 1.807) is 39.0 Å². The average Bonchev–Trinajstić information content (AvgIpc) is 4.01. The molecule has 1 aliphatic heterocycles. The predicted octanol–water partition coefficient (Wildman–Crippen LogP) is 4.72. The minimum Gasteiger partial charge on any atom is -0.494 e. The number of halogens is 3. The molecule has 5 atom stereocenters. The van der Waals surface area contributed by atoms with Crippen LogP contribution in [0.15, 0.2) is 55.3 Å². The van der Waals surface area contributed by atoms with Gasteiger partial charge in [-0.15, -0.1) is 6.58 Å². The zero-order chi connectivity index (χ0) is 37.7. The van der Waals surface area contributed by atoms with E-state index < -0.39 is 79.7 Å². The fraction of sp³-hybridized carbons (Fsp3) is 0.444. The largest absolute Gasteiger partial charge is 0.494 e. The number of amides is 3. The van der Waals surface area contributed by atoms with Crippen molar-refractivity contribution in [3.05, 3.63) is 71.9 Å². The summed E-state index contributed by atoms with van der Waals surface area (Å²) in [5.74, 6) is -4.20. The normalized spacial score (nSPS) is 23.4. The quantitative estimate of drug-likeness (QED) is 0.223. The summed E-state index contributed by atoms with van der Waals surface area (Å²) in [6, 6.07) is 6.04. The number of benzene rings is 2. The maximum absolute atomic E-state index is 14.5. The fourth-order valence-electron chi connectivity index (χ4n) is 6.54. The van der Waals surface area contributed by atoms with Crippen LogP contribution in [0.2, 0.25) is 5.02 Å². The number of hydrogen-bond acceptors (Lipinski definition) is 9. The van der Waals surface area contributed by atoms with E-state index in [-0.39, 0.29) is 31.0 Å². The highest BCUT2D eigenvalue weighted by atomic mass is 35.5. The first-order chi connectivity index (χ1) is 24.5. The highest BCUT2D eigenvalue weighted by Crippen LogP contribution is 2.46. The van der Waals surface area contributed by atoms with Gasteiger partial charge in [0.15, 0.2) is 11.6 Å². The Morgan fingerprint density at radius 1 is 1.12 bits per heavy atom. The minimum atomic E-state index is -3.93. The molecule has 0 bridgehead atoms. The Balaban J connectivity index is 1.32. The second-order valence-electron chi connectivity index (χ2n) is 14.6. The topological polar surface area (TPSA) is 156 Å². The number of carbonyl (C=O) groups is 3. The number of hydrogen-bond donors (Lipinski definition) is 3. The summed E-state index contributed by atoms with van der Waals surface area (Å²) in [7, 11) is -2.43. The Morgan fingerprint density at radius 2 is 1.85 bits per heavy atom. The number of likely N-dealkylation sites (tertiary alicyclic amines) is 1. The number of anilines is 1. The van der Waals surface area contributed by atoms with Gasteiger partial charge in [0, 0.05) is 39.9 Å². The van der Waals surface area contributed by atoms with E-state index in [4.69, 9.17) is 21.1 Å². The molecule has 12 nitrogen and oxygen atoms in total. The van der Waals surface area contributed by atoms with Gasteiger partial charge in [0.25, 0.3) is 5.91 Å². The van der Waals surface area contributed by atoms with Gasteiger partial charge in [-0.05, 0) is 55.0 Å². The van der Waals surface area contributed by atoms with Gasteiger partial charge in [0.1, 0.15) is 29.5 Å². The standard InChI is InChI=1S/C36H40ClF2N5O7S/c1-6-19-16-36(19,34(47)43-52(48,49)23-9-10-23)42-31(45)28-15-22(51-32-25-13-20(37)7-11-24(25)29(50-5)17-40-32)18-44(28)33(46)30(35(2,3)4)41-21-8-12-26(38)27(39)14-21/h6-8,11-14,17,19,22-23,28,30,41H,1,9-10,15-16,18H2,2-5H3,(H,42,45)(H,43,47)/t19-,22-,28+,30?,36-/m1/s1. The Morgan fingerprint density at radius 3 is 2.46 bits per heavy atom. The highest BCUT2D eigenvalue weighted by molar-refractivity contribution is 7.91. The molecule has 52 heavy (non-hydrogen) atoms. The molecule has 2 heterocycles. The smallest absolute Gasteiger partial charge is 0.259 e. The molecule has 2 aromatic carbocycles. The summed E-state index contributed by atoms with van der Waals surface area (Å²) in [6.07, 6.45) is 3.11. The second-order valence-corrected chi connectivity index (χ2v) is 17.0. The third kappa shape index (κ3) is 7.38. The lowest BCUT2D eigenvalue weighted by Crippen LogP contribution is -2.58. The zero-order valence-corrected chi connectivity index (χ0v) is 30.6. The van der Waals surface area contributed by atoms with E-state index >= 15 is 0 Å². The number of ether oxygens (including phenoxy) is 2. The van der Waals surface area contributed by atoms with Crippen molar-refractivity contribution in [1.82, 2.24) is 19.9 Å². The lowest BCUT2D eigenvalue weighted by atomic mass is 9.85. The minimum absolute atomic E-state index is 0.0355. The zero-order valence-electron chi connectivity index (χ0n) is 29.0. The van der Waals surface area contributed by atoms with Crippen LogP contribution in [0.1, 0.15) is 46.5 Å². The Labute approximate surface area is 305 Å². The maximum atomic E-state index is 14.5. The summed E-state index contributed by atoms with van der Waals surface area (Å²) in [5, 5.41) is 6.72. The Bertz CT molecular complexity index is 2060. The number of carbonyl (C=O) groups excluding carboxylic acids is 3. The van der Waals surface area contributed by atoms with Crippen molar-refractivity contribution in [1.29, 1.82) is 0 Å². The van der Waals surface area contributed by atoms with E-state index in [2.05, 4.69) is 26.9 Å². The summed E-state index contributed by atoms with van der Waals surface area (Å²) < 4.78 is 67.2. The van der Waals surface area contributed by atoms with Crippen LogP contribution in [0.5, 0.6) is 11.6 Å². The highest BCUT2D eigenvalue weighted by Gasteiger charge is 2.62. The number of sulfonamides is 1. The number of nitrogens with one attached hydrogen (secondary N) is 3. The van der Waals surface area contributed by atoms with Gasteiger partial charge in [0.05, 0.1) is 25.1 Å². The summed E-state index contributed by atoms with van der Waals surface area (Å²) in [6.45, 7) is 8.97. The fourth-order valence-corrected chi connectivity index (χ4v) is 8.08. The van der Waals surface area contributed by atoms with Crippen LogP contribution in [-0.2, 0) is 24.4 Å². The van der Waals surface area contributed by atoms with Crippen LogP contribution in [0.25, 0.3) is 10.8 Å². The number of methoxy groups -OCH3 is 1. The molecule has 3 fully saturated rings. The molecule has 6 rings (SSSR count). The van der Waals surface area contributed by atoms with Crippen LogP contribution in [0.3, 0.4) is 0 Å². The molecule has 2 aliphatic carbocycles. The summed E-state index contributed by atoms with van der Waals surface area (Å²) in [5.41, 5.74) is -2.26. The van der Waals surface area contributed by atoms with Crippen LogP contribution in [0, 0.1) is 23.0 Å². The van der Waals surface area contributed by atoms with Crippen molar-refractivity contribution in [2.75, 3.05) is 19.0 Å². The molecule has 3 amide bonds. The van der Waals surface area contributed by atoms with E-state index in [1.807, 2.05) is 0 Å². The van der Waals surface area contributed by atoms with Crippen LogP contribution >= 0.6 is 11.6 Å². The molecule has 0 spiro atoms. The third-order valence-corrected chi connectivity index (χ3v) is 11.8. The number of fused-ring (bicyclic) bond motifs is 1. The van der Waals surface area contributed by atoms with Crippen molar-refractivity contribution in [2.24, 2.45) is 11.3 Å². The van der Waals surface area contributed by atoms with Crippen molar-refractivity contribution in [3.8, 4) is 11.6 Å². The number of rotatable bonds is 12. The molecule has 278 valence electrons. The van der Waals surface area contributed by atoms with Crippen molar-refractivity contribution >= 4 is 55.8 Å². The van der Waals surface area contributed by atoms with Gasteiger partial charge in [-0.25, -0.2) is 22.2 Å². The van der Waals surface area contributed by atoms with Crippen LogP contribution < -0.4 is 24.8 Å². The van der Waals surface area contributed by atoms with E-state index in [9.17, 15) is 31.6 Å². The average molecular weight is 760 g/mol. The molecule has 16 heteroatoms. The van der Waals surface area contributed by atoms with E-state index in [0.29, 0.717) is 34.4 Å². The molecule has 1 saturated heterocycles. The molecule has 0 radical (unpaired) electrons. The van der Waals surface area contributed by atoms with Crippen LogP contribution in [0.4, 0.5) is 14.5 Å². The Hall–Kier alpha value is -4.50. The number of pyridine rings is 1. The predicted molar refractivity (Wildman–Crippen MR) is 190 cm³/mol. The maximum Gasteiger partial charge on any atom is 0.259 e. The van der Waals surface area contributed by atoms with E-state index in [0.717, 1.165) is 12.1 Å². The van der Waals surface area contributed by atoms with Gasteiger partial charge < -0.3 is 25.0 Å². The lowest BCUT2D eigenvalue weighted by Gasteiger charge is -2.36. The first kappa shape index (κ1) is 37.3. The monoisotopic (exact) mass is 759 g/mol. The van der Waals surface area contributed by atoms with Crippen molar-refractivity contribution in [3.63, 3.8) is 0 Å². The first-order valence-electron chi connectivity index (χ1n) is 16.8. The van der Waals surface area contributed by atoms with Gasteiger partial charge >= 0.3 is 0 Å². The molecule has 2 saturated carbocycles. The van der Waals surface area contributed by atoms with Gasteiger partial charge in [0.2, 0.25) is 27.7 Å². The molecule has 1 aromatic heterocycles. The second kappa shape index (κ2) is 13.8. The van der Waals surface area contributed by atoms with Gasteiger partial charge in [-0.3, -0.25) is 19.1 Å². The molecule has 1 unspecified atom stereocenters. The molecular weight excluding hydrogens is 720 g/mol. The Kier molecular flexibility index (Phi) is 9.89. The van der Waals surface area contributed by atoms with Gasteiger partial charge in [-0.1, -0.05) is 38.4 Å². The van der Waals surface area contributed by atoms with Gasteiger partial charge in [-0.2, -0.15) is 0 Å². The first-order valence-corrected chi connectivity index (χ1v) is 18.7. The summed E-state index contributed by atoms with van der Waals surface area (Å²) >= 11 is 6.31. The van der Waals surface area contributed by atoms with E-state index in [1.165, 1.54) is 30.3 Å². The van der Waals surface area contributed by atoms with Crippen molar-refractivity contribution < 1.29 is 41.1 Å². The number of nitrogens with zero attached hydrogens (tertiary/aromatic N) is 2.